The Morgan fingerprint density at radius 2 is 0.803 bits per heavy atom. The number of benzene rings is 12. The molecular formula is C73H48N2O. The van der Waals surface area contributed by atoms with Crippen molar-refractivity contribution in [3.8, 4) is 50.2 Å². The third-order valence-corrected chi connectivity index (χ3v) is 15.9. The van der Waals surface area contributed by atoms with E-state index in [0.29, 0.717) is 0 Å². The minimum absolute atomic E-state index is 0.535. The Morgan fingerprint density at radius 3 is 1.53 bits per heavy atom. The summed E-state index contributed by atoms with van der Waals surface area (Å²) < 4.78 is 8.75. The van der Waals surface area contributed by atoms with Gasteiger partial charge < -0.3 is 13.9 Å². The molecule has 12 aromatic carbocycles. The fraction of sp³-hybridized carbons (Fsp3) is 0.0137. The van der Waals surface area contributed by atoms with Crippen LogP contribution in [0.15, 0.2) is 296 Å². The molecule has 0 spiro atoms. The van der Waals surface area contributed by atoms with E-state index >= 15 is 0 Å². The van der Waals surface area contributed by atoms with Crippen LogP contribution in [-0.4, -0.2) is 4.57 Å². The fourth-order valence-electron chi connectivity index (χ4n) is 12.4. The average molecular weight is 969 g/mol. The first-order chi connectivity index (χ1) is 37.7. The molecule has 2 aromatic heterocycles. The molecule has 1 aliphatic carbocycles. The van der Waals surface area contributed by atoms with Gasteiger partial charge >= 0.3 is 0 Å². The van der Waals surface area contributed by atoms with Gasteiger partial charge in [-0.2, -0.15) is 0 Å². The number of anilines is 3. The number of rotatable bonds is 9. The third-order valence-electron chi connectivity index (χ3n) is 15.9. The first-order valence-electron chi connectivity index (χ1n) is 26.1. The summed E-state index contributed by atoms with van der Waals surface area (Å²) in [6.45, 7) is 0. The third kappa shape index (κ3) is 6.90. The van der Waals surface area contributed by atoms with Crippen molar-refractivity contribution >= 4 is 60.8 Å². The highest BCUT2D eigenvalue weighted by molar-refractivity contribution is 6.11. The molecule has 0 saturated carbocycles. The zero-order chi connectivity index (χ0) is 50.2. The van der Waals surface area contributed by atoms with Gasteiger partial charge in [0.25, 0.3) is 0 Å². The highest BCUT2D eigenvalue weighted by Gasteiger charge is 2.46. The maximum Gasteiger partial charge on any atom is 0.135 e. The van der Waals surface area contributed by atoms with Crippen molar-refractivity contribution in [3.05, 3.63) is 313 Å². The number of furan rings is 1. The number of aromatic nitrogens is 1. The summed E-state index contributed by atoms with van der Waals surface area (Å²) in [4.78, 5) is 2.41. The molecule has 15 rings (SSSR count). The average Bonchev–Trinajstić information content (AvgIpc) is 4.28. The Kier molecular flexibility index (Phi) is 10.1. The largest absolute Gasteiger partial charge is 0.456 e. The fourth-order valence-corrected chi connectivity index (χ4v) is 12.4. The van der Waals surface area contributed by atoms with E-state index in [1.807, 2.05) is 6.07 Å². The maximum absolute atomic E-state index is 6.38. The van der Waals surface area contributed by atoms with Crippen LogP contribution < -0.4 is 4.90 Å². The van der Waals surface area contributed by atoms with Gasteiger partial charge in [-0.25, -0.2) is 0 Å². The van der Waals surface area contributed by atoms with Gasteiger partial charge in [0.1, 0.15) is 11.2 Å². The summed E-state index contributed by atoms with van der Waals surface area (Å²) in [5.74, 6) is 0. The lowest BCUT2D eigenvalue weighted by molar-refractivity contribution is 0.669. The highest BCUT2D eigenvalue weighted by Crippen LogP contribution is 2.57. The van der Waals surface area contributed by atoms with Crippen LogP contribution in [0.1, 0.15) is 22.3 Å². The second kappa shape index (κ2) is 17.6. The number of fused-ring (bicyclic) bond motifs is 9. The van der Waals surface area contributed by atoms with E-state index in [2.05, 4.69) is 295 Å². The first kappa shape index (κ1) is 43.6. The van der Waals surface area contributed by atoms with Gasteiger partial charge in [-0.1, -0.05) is 200 Å². The molecular weight excluding hydrogens is 921 g/mol. The Bertz CT molecular complexity index is 4470. The second-order valence-corrected chi connectivity index (χ2v) is 20.0. The van der Waals surface area contributed by atoms with Crippen molar-refractivity contribution in [2.75, 3.05) is 4.90 Å². The van der Waals surface area contributed by atoms with Crippen molar-refractivity contribution in [3.63, 3.8) is 0 Å². The van der Waals surface area contributed by atoms with E-state index in [1.54, 1.807) is 0 Å². The summed E-state index contributed by atoms with van der Waals surface area (Å²) in [5, 5.41) is 4.68. The number of nitrogens with zero attached hydrogens (tertiary/aromatic N) is 2. The normalized spacial score (nSPS) is 12.6. The van der Waals surface area contributed by atoms with E-state index in [9.17, 15) is 0 Å². The molecule has 2 heterocycles. The van der Waals surface area contributed by atoms with Crippen LogP contribution in [0, 0.1) is 0 Å². The van der Waals surface area contributed by atoms with Gasteiger partial charge in [0.05, 0.1) is 16.4 Å². The van der Waals surface area contributed by atoms with E-state index < -0.39 is 5.41 Å². The minimum atomic E-state index is -0.535. The number of hydrogen-bond acceptors (Lipinski definition) is 2. The maximum atomic E-state index is 6.38. The summed E-state index contributed by atoms with van der Waals surface area (Å²) in [5.41, 5.74) is 22.6. The van der Waals surface area contributed by atoms with Crippen LogP contribution in [-0.2, 0) is 5.41 Å². The molecule has 3 nitrogen and oxygen atoms in total. The Hall–Kier alpha value is -9.96. The zero-order valence-corrected chi connectivity index (χ0v) is 41.5. The summed E-state index contributed by atoms with van der Waals surface area (Å²) >= 11 is 0. The summed E-state index contributed by atoms with van der Waals surface area (Å²) in [6, 6.07) is 106. The van der Waals surface area contributed by atoms with E-state index in [0.717, 1.165) is 55.8 Å². The van der Waals surface area contributed by atoms with Crippen LogP contribution in [0.5, 0.6) is 0 Å². The van der Waals surface area contributed by atoms with Gasteiger partial charge in [-0.3, -0.25) is 0 Å². The van der Waals surface area contributed by atoms with Crippen LogP contribution in [0.3, 0.4) is 0 Å². The van der Waals surface area contributed by atoms with Gasteiger partial charge in [0.15, 0.2) is 0 Å². The van der Waals surface area contributed by atoms with Crippen molar-refractivity contribution in [1.82, 2.24) is 4.57 Å². The van der Waals surface area contributed by atoms with E-state index in [-0.39, 0.29) is 0 Å². The Balaban J connectivity index is 0.824. The molecule has 3 heteroatoms. The molecule has 1 aliphatic rings. The summed E-state index contributed by atoms with van der Waals surface area (Å²) in [7, 11) is 0. The predicted molar refractivity (Wildman–Crippen MR) is 316 cm³/mol. The zero-order valence-electron chi connectivity index (χ0n) is 41.5. The lowest BCUT2D eigenvalue weighted by Crippen LogP contribution is -2.28. The summed E-state index contributed by atoms with van der Waals surface area (Å²) in [6.07, 6.45) is 0. The molecule has 0 saturated heterocycles. The quantitative estimate of drug-likeness (QED) is 0.144. The van der Waals surface area contributed by atoms with E-state index in [4.69, 9.17) is 4.42 Å². The predicted octanol–water partition coefficient (Wildman–Crippen LogP) is 19.5. The molecule has 0 amide bonds. The topological polar surface area (TPSA) is 21.3 Å². The lowest BCUT2D eigenvalue weighted by Gasteiger charge is -2.35. The molecule has 0 atom stereocenters. The second-order valence-electron chi connectivity index (χ2n) is 20.0. The molecule has 0 fully saturated rings. The lowest BCUT2D eigenvalue weighted by atomic mass is 9.67. The van der Waals surface area contributed by atoms with E-state index in [1.165, 1.54) is 77.4 Å². The van der Waals surface area contributed by atoms with Crippen LogP contribution in [0.2, 0.25) is 0 Å². The van der Waals surface area contributed by atoms with Crippen molar-refractivity contribution < 1.29 is 4.42 Å². The monoisotopic (exact) mass is 968 g/mol. The smallest absolute Gasteiger partial charge is 0.135 e. The number of para-hydroxylation sites is 3. The SMILES string of the molecule is c1ccc(-n2c3ccccc3c3cc(-c4cccc(-c5cccc(-c6ccc(N(c7ccc8c(c7)C(c7ccccc7)(c7ccccc7)c7ccccc7-8)c7ccc8oc9ccccc9c8c7)cc6)c5)c4)ccc32)cc1. The van der Waals surface area contributed by atoms with Gasteiger partial charge in [0, 0.05) is 44.3 Å². The minimum Gasteiger partial charge on any atom is -0.456 e. The van der Waals surface area contributed by atoms with Crippen LogP contribution >= 0.6 is 0 Å². The van der Waals surface area contributed by atoms with Gasteiger partial charge in [0.2, 0.25) is 0 Å². The Morgan fingerprint density at radius 1 is 0.289 bits per heavy atom. The molecule has 0 unspecified atom stereocenters. The number of hydrogen-bond donors (Lipinski definition) is 0. The molecule has 0 bridgehead atoms. The standard InChI is InChI=1S/C73H48N2O/c1-4-22-55(23-5-1)73(56-24-6-2-7-25-56)67-31-13-10-28-61(67)62-41-39-60(48-68(62)73)74(59-40-43-72-66(47-59)64-30-12-15-33-71(64)76-72)58-37-34-49(35-38-58)50-18-16-19-51(44-50)52-20-17-21-53(45-52)54-36-42-70-65(46-54)63-29-11-14-32-69(63)75(70)57-26-8-3-9-27-57/h1-48H. The molecule has 0 aliphatic heterocycles. The van der Waals surface area contributed by atoms with Gasteiger partial charge in [-0.15, -0.1) is 0 Å². The molecule has 356 valence electrons. The van der Waals surface area contributed by atoms with Crippen LogP contribution in [0.4, 0.5) is 17.1 Å². The molecule has 0 radical (unpaired) electrons. The molecule has 0 N–H and O–H groups in total. The molecule has 76 heavy (non-hydrogen) atoms. The van der Waals surface area contributed by atoms with Gasteiger partial charge in [-0.05, 0) is 158 Å². The van der Waals surface area contributed by atoms with Crippen molar-refractivity contribution in [2.45, 2.75) is 5.41 Å². The first-order valence-corrected chi connectivity index (χ1v) is 26.1. The highest BCUT2D eigenvalue weighted by atomic mass is 16.3. The van der Waals surface area contributed by atoms with Crippen LogP contribution in [0.25, 0.3) is 93.9 Å². The molecule has 14 aromatic rings. The van der Waals surface area contributed by atoms with Crippen molar-refractivity contribution in [2.24, 2.45) is 0 Å². The Labute approximate surface area is 441 Å². The van der Waals surface area contributed by atoms with Crippen molar-refractivity contribution in [1.29, 1.82) is 0 Å².